The van der Waals surface area contributed by atoms with Crippen LogP contribution in [-0.2, 0) is 32.7 Å². The molecule has 0 radical (unpaired) electrons. The van der Waals surface area contributed by atoms with Crippen LogP contribution >= 0.6 is 0 Å². The van der Waals surface area contributed by atoms with E-state index in [0.29, 0.717) is 0 Å². The molecule has 0 aromatic rings. The number of hydrogen-bond donors (Lipinski definition) is 4. The summed E-state index contributed by atoms with van der Waals surface area (Å²) in [6.45, 7) is 0. The molecule has 7 nitrogen and oxygen atoms in total. The van der Waals surface area contributed by atoms with E-state index in [9.17, 15) is 0 Å². The molecular formula is CH14N7Y. The first-order valence-electron chi connectivity index (χ1n) is 1.15. The molecule has 0 aromatic carbocycles. The van der Waals surface area contributed by atoms with Crippen LogP contribution in [0.25, 0.3) is 18.5 Å². The second-order valence-corrected chi connectivity index (χ2v) is 1.00. The maximum Gasteiger partial charge on any atom is 3.00 e. The first-order valence-corrected chi connectivity index (χ1v) is 1.15. The average molecular weight is 213 g/mol. The Hall–Kier alpha value is 0.824. The fourth-order valence-corrected chi connectivity index (χ4v) is 0. The number of nitrogens with two attached hydrogens (primary N) is 7. The molecule has 14 N–H and O–H groups in total. The summed E-state index contributed by atoms with van der Waals surface area (Å²) in [5.74, 6) is -1.50. The largest absolute Gasteiger partial charge is 3.00 e. The smallest absolute Gasteiger partial charge is 0.693 e. The number of rotatable bonds is 0. The van der Waals surface area contributed by atoms with Crippen molar-refractivity contribution in [3.8, 4) is 0 Å². The Labute approximate surface area is 79.9 Å². The molecule has 0 saturated carbocycles. The van der Waals surface area contributed by atoms with Gasteiger partial charge in [0.05, 0.1) is 0 Å². The molecule has 0 saturated heterocycles. The summed E-state index contributed by atoms with van der Waals surface area (Å²) in [5.41, 5.74) is 18.8. The molecule has 0 bridgehead atoms. The van der Waals surface area contributed by atoms with Gasteiger partial charge in [0.15, 0.2) is 5.91 Å². The molecule has 0 rings (SSSR count). The van der Waals surface area contributed by atoms with Gasteiger partial charge in [-0.15, -0.1) is 0 Å². The van der Waals surface area contributed by atoms with Gasteiger partial charge in [-0.25, -0.2) is 0 Å². The van der Waals surface area contributed by atoms with Crippen molar-refractivity contribution in [3.05, 3.63) is 18.5 Å². The first kappa shape index (κ1) is 32.9. The Morgan fingerprint density at radius 3 is 0.667 bits per heavy atom. The molecule has 8 heteroatoms. The molecule has 9 heavy (non-hydrogen) atoms. The van der Waals surface area contributed by atoms with Crippen LogP contribution in [0.15, 0.2) is 0 Å². The van der Waals surface area contributed by atoms with E-state index in [4.69, 9.17) is 0 Å². The van der Waals surface area contributed by atoms with Gasteiger partial charge in [-0.05, 0) is 0 Å². The second-order valence-electron chi connectivity index (χ2n) is 1.00. The standard InChI is InChI=1S/CH8N4.3H2N.Y/c2-1(3,4)5;;;;/h2-5H2;3*1H2;/q;3*-1;+3. The van der Waals surface area contributed by atoms with Crippen LogP contribution in [-0.4, -0.2) is 5.91 Å². The summed E-state index contributed by atoms with van der Waals surface area (Å²) >= 11 is 0. The van der Waals surface area contributed by atoms with Crippen molar-refractivity contribution in [3.63, 3.8) is 0 Å². The van der Waals surface area contributed by atoms with Crippen molar-refractivity contribution in [1.29, 1.82) is 0 Å². The molecule has 0 atom stereocenters. The maximum absolute atomic E-state index is 4.69. The monoisotopic (exact) mass is 213 g/mol. The zero-order chi connectivity index (χ0) is 4.50. The molecule has 0 fully saturated rings. The van der Waals surface area contributed by atoms with Crippen molar-refractivity contribution in [2.45, 2.75) is 5.91 Å². The summed E-state index contributed by atoms with van der Waals surface area (Å²) in [5, 5.41) is 0. The van der Waals surface area contributed by atoms with Gasteiger partial charge in [0, 0.05) is 0 Å². The summed E-state index contributed by atoms with van der Waals surface area (Å²) in [4.78, 5) is 0. The molecule has 0 aromatic heterocycles. The Morgan fingerprint density at radius 2 is 0.667 bits per heavy atom. The molecule has 0 spiro atoms. The maximum atomic E-state index is 4.69. The molecule has 0 aliphatic rings. The van der Waals surface area contributed by atoms with E-state index in [0.717, 1.165) is 0 Å². The Bertz CT molecular complexity index is 24.4. The van der Waals surface area contributed by atoms with Crippen LogP contribution in [0.5, 0.6) is 0 Å². The van der Waals surface area contributed by atoms with E-state index in [2.05, 4.69) is 22.9 Å². The van der Waals surface area contributed by atoms with Crippen molar-refractivity contribution < 1.29 is 32.7 Å². The fraction of sp³-hybridized carbons (Fsp3) is 1.00. The van der Waals surface area contributed by atoms with Crippen LogP contribution in [0.3, 0.4) is 0 Å². The third-order valence-electron chi connectivity index (χ3n) is 0. The normalized spacial score (nSPS) is 6.67. The molecule has 0 amide bonds. The van der Waals surface area contributed by atoms with Crippen LogP contribution in [0.2, 0.25) is 0 Å². The molecule has 0 aliphatic carbocycles. The Balaban J connectivity index is -0.0000000133. The zero-order valence-electron chi connectivity index (χ0n) is 5.12. The molecular weight excluding hydrogens is 199 g/mol. The third kappa shape index (κ3) is 605. The van der Waals surface area contributed by atoms with Gasteiger partial charge in [-0.2, -0.15) is 0 Å². The average Bonchev–Trinajstić information content (AvgIpc) is 0.722. The third-order valence-corrected chi connectivity index (χ3v) is 0. The predicted molar refractivity (Wildman–Crippen MR) is 35.3 cm³/mol. The Morgan fingerprint density at radius 1 is 0.667 bits per heavy atom. The summed E-state index contributed by atoms with van der Waals surface area (Å²) < 4.78 is 0. The van der Waals surface area contributed by atoms with E-state index in [1.54, 1.807) is 0 Å². The number of hydrogen-bond acceptors (Lipinski definition) is 4. The van der Waals surface area contributed by atoms with Gasteiger partial charge in [0.2, 0.25) is 0 Å². The van der Waals surface area contributed by atoms with Gasteiger partial charge in [0.25, 0.3) is 0 Å². The van der Waals surface area contributed by atoms with Gasteiger partial charge in [0.1, 0.15) is 0 Å². The van der Waals surface area contributed by atoms with Crippen molar-refractivity contribution in [2.24, 2.45) is 22.9 Å². The Kier molecular flexibility index (Phi) is 42.4. The van der Waals surface area contributed by atoms with Gasteiger partial charge < -0.3 is 18.5 Å². The van der Waals surface area contributed by atoms with E-state index >= 15 is 0 Å². The van der Waals surface area contributed by atoms with Crippen molar-refractivity contribution in [1.82, 2.24) is 0 Å². The minimum Gasteiger partial charge on any atom is -0.693 e. The van der Waals surface area contributed by atoms with Crippen molar-refractivity contribution >= 4 is 0 Å². The van der Waals surface area contributed by atoms with E-state index in [1.807, 2.05) is 0 Å². The fourth-order valence-electron chi connectivity index (χ4n) is 0. The van der Waals surface area contributed by atoms with E-state index in [-0.39, 0.29) is 51.2 Å². The van der Waals surface area contributed by atoms with Crippen LogP contribution in [0.4, 0.5) is 0 Å². The van der Waals surface area contributed by atoms with Crippen molar-refractivity contribution in [2.75, 3.05) is 0 Å². The van der Waals surface area contributed by atoms with Crippen LogP contribution in [0, 0.1) is 0 Å². The van der Waals surface area contributed by atoms with Gasteiger partial charge in [-0.3, -0.25) is 22.9 Å². The summed E-state index contributed by atoms with van der Waals surface area (Å²) in [7, 11) is 0. The van der Waals surface area contributed by atoms with Gasteiger partial charge >= 0.3 is 32.7 Å². The van der Waals surface area contributed by atoms with Crippen LogP contribution in [0.1, 0.15) is 0 Å². The topological polar surface area (TPSA) is 205 Å². The molecule has 56 valence electrons. The second kappa shape index (κ2) is 11.6. The molecule has 0 unspecified atom stereocenters. The van der Waals surface area contributed by atoms with Crippen LogP contribution < -0.4 is 22.9 Å². The SMILES string of the molecule is NC(N)(N)N.[NH2-].[NH2-].[NH2-].[Y+3]. The summed E-state index contributed by atoms with van der Waals surface area (Å²) in [6, 6.07) is 0. The quantitative estimate of drug-likeness (QED) is 0.395. The minimum atomic E-state index is -1.50. The first-order chi connectivity index (χ1) is 2.00. The zero-order valence-corrected chi connectivity index (χ0v) is 7.96. The van der Waals surface area contributed by atoms with E-state index < -0.39 is 5.91 Å². The molecule has 0 aliphatic heterocycles. The minimum absolute atomic E-state index is 0. The predicted octanol–water partition coefficient (Wildman–Crippen LogP) is -0.419. The van der Waals surface area contributed by atoms with E-state index in [1.165, 1.54) is 0 Å². The summed E-state index contributed by atoms with van der Waals surface area (Å²) in [6.07, 6.45) is 0. The van der Waals surface area contributed by atoms with Gasteiger partial charge in [-0.1, -0.05) is 0 Å². The molecule has 0 heterocycles.